The molecule has 4 heterocycles. The first kappa shape index (κ1) is 29.1. The lowest BCUT2D eigenvalue weighted by Gasteiger charge is -2.40. The van der Waals surface area contributed by atoms with Gasteiger partial charge in [0.1, 0.15) is 6.54 Å². The Morgan fingerprint density at radius 2 is 1.76 bits per heavy atom. The fourth-order valence-electron chi connectivity index (χ4n) is 7.62. The maximum atomic E-state index is 14.0. The van der Waals surface area contributed by atoms with Crippen LogP contribution in [-0.4, -0.2) is 57.5 Å². The normalized spacial score (nSPS) is 24.8. The minimum absolute atomic E-state index is 0.0764. The summed E-state index contributed by atoms with van der Waals surface area (Å²) in [5.74, 6) is 1.01. The summed E-state index contributed by atoms with van der Waals surface area (Å²) in [6.45, 7) is 14.3. The van der Waals surface area contributed by atoms with Gasteiger partial charge in [0.15, 0.2) is 0 Å². The van der Waals surface area contributed by atoms with Crippen LogP contribution in [0.1, 0.15) is 76.1 Å². The molecule has 3 aliphatic rings. The van der Waals surface area contributed by atoms with E-state index in [9.17, 15) is 4.79 Å². The molecule has 3 unspecified atom stereocenters. The predicted octanol–water partition coefficient (Wildman–Crippen LogP) is 7.76. The van der Waals surface area contributed by atoms with Crippen molar-refractivity contribution >= 4 is 33.8 Å². The second kappa shape index (κ2) is 11.9. The number of pyridine rings is 1. The van der Waals surface area contributed by atoms with E-state index in [1.165, 1.54) is 54.6 Å². The minimum Gasteiger partial charge on any atom is -0.377 e. The number of thiazole rings is 1. The molecule has 3 aromatic rings. The zero-order valence-corrected chi connectivity index (χ0v) is 26.8. The quantitative estimate of drug-likeness (QED) is 0.307. The maximum absolute atomic E-state index is 14.0. The highest BCUT2D eigenvalue weighted by Crippen LogP contribution is 2.49. The van der Waals surface area contributed by atoms with Gasteiger partial charge in [-0.15, -0.1) is 11.3 Å². The third-order valence-electron chi connectivity index (χ3n) is 9.45. The molecule has 2 fully saturated rings. The Labute approximate surface area is 254 Å². The Bertz CT molecular complexity index is 1540. The van der Waals surface area contributed by atoms with Gasteiger partial charge in [-0.1, -0.05) is 44.4 Å². The number of nitrogens with zero attached hydrogens (tertiary/aromatic N) is 4. The number of fused-ring (bicyclic) bond motifs is 1. The lowest BCUT2D eigenvalue weighted by Crippen LogP contribution is -2.54. The molecule has 1 aromatic carbocycles. The van der Waals surface area contributed by atoms with Crippen molar-refractivity contribution in [3.8, 4) is 10.6 Å². The van der Waals surface area contributed by atoms with Gasteiger partial charge < -0.3 is 14.5 Å². The third-order valence-corrected chi connectivity index (χ3v) is 10.5. The van der Waals surface area contributed by atoms with Crippen LogP contribution in [-0.2, 0) is 9.53 Å². The zero-order valence-electron chi connectivity index (χ0n) is 25.9. The molecule has 0 N–H and O–H groups in total. The number of ether oxygens (including phenoxy) is 1. The van der Waals surface area contributed by atoms with Gasteiger partial charge in [-0.3, -0.25) is 4.79 Å². The molecule has 2 aliphatic heterocycles. The summed E-state index contributed by atoms with van der Waals surface area (Å²) in [7, 11) is 0. The number of benzene rings is 1. The predicted molar refractivity (Wildman–Crippen MR) is 172 cm³/mol. The standard InChI is InChI=1S/C35H44N4O2S/c1-7-31-23(4)33(26-11-9-8-10-12-26)34(38(31)18-32(40)39-21(2)19-41-20-22(39)3)28-14-15-29-27(17-28)13-16-30(37-29)35-24(5)36-25(6)42-35/h7,13-17,21-23,26H,8-12,18-20H2,1-6H3/b31-7+. The number of carbonyl (C=O) groups is 1. The van der Waals surface area contributed by atoms with Gasteiger partial charge in [0, 0.05) is 22.7 Å². The Morgan fingerprint density at radius 1 is 1.02 bits per heavy atom. The summed E-state index contributed by atoms with van der Waals surface area (Å²) < 4.78 is 5.74. The molecule has 6 nitrogen and oxygen atoms in total. The average molecular weight is 585 g/mol. The molecule has 0 spiro atoms. The number of hydrogen-bond acceptors (Lipinski definition) is 6. The van der Waals surface area contributed by atoms with E-state index in [2.05, 4.69) is 80.9 Å². The maximum Gasteiger partial charge on any atom is 0.243 e. The highest BCUT2D eigenvalue weighted by Gasteiger charge is 2.40. The van der Waals surface area contributed by atoms with Crippen LogP contribution in [0.15, 0.2) is 47.7 Å². The van der Waals surface area contributed by atoms with E-state index in [1.807, 2.05) is 11.8 Å². The first-order chi connectivity index (χ1) is 20.3. The Kier molecular flexibility index (Phi) is 8.25. The van der Waals surface area contributed by atoms with Gasteiger partial charge in [0.05, 0.1) is 52.1 Å². The van der Waals surface area contributed by atoms with Crippen molar-refractivity contribution in [2.75, 3.05) is 19.8 Å². The number of aromatic nitrogens is 2. The lowest BCUT2D eigenvalue weighted by molar-refractivity contribution is -0.144. The molecule has 6 rings (SSSR count). The molecular formula is C35H44N4O2S. The molecule has 42 heavy (non-hydrogen) atoms. The van der Waals surface area contributed by atoms with Crippen molar-refractivity contribution < 1.29 is 9.53 Å². The van der Waals surface area contributed by atoms with E-state index in [0.717, 1.165) is 32.2 Å². The highest BCUT2D eigenvalue weighted by atomic mass is 32.1. The summed E-state index contributed by atoms with van der Waals surface area (Å²) in [5.41, 5.74) is 8.18. The van der Waals surface area contributed by atoms with Gasteiger partial charge in [0.2, 0.25) is 5.91 Å². The summed E-state index contributed by atoms with van der Waals surface area (Å²) in [6, 6.07) is 11.1. The van der Waals surface area contributed by atoms with Crippen LogP contribution >= 0.6 is 11.3 Å². The molecule has 0 bridgehead atoms. The fraction of sp³-hybridized carbons (Fsp3) is 0.514. The van der Waals surface area contributed by atoms with Crippen molar-refractivity contribution in [3.63, 3.8) is 0 Å². The second-order valence-electron chi connectivity index (χ2n) is 12.4. The Hall–Kier alpha value is -3.03. The lowest BCUT2D eigenvalue weighted by atomic mass is 9.78. The van der Waals surface area contributed by atoms with Gasteiger partial charge in [0.25, 0.3) is 0 Å². The van der Waals surface area contributed by atoms with Gasteiger partial charge in [-0.2, -0.15) is 0 Å². The minimum atomic E-state index is 0.0764. The fourth-order valence-corrected chi connectivity index (χ4v) is 8.51. The molecule has 1 saturated carbocycles. The molecule has 0 radical (unpaired) electrons. The summed E-state index contributed by atoms with van der Waals surface area (Å²) >= 11 is 1.70. The molecule has 7 heteroatoms. The van der Waals surface area contributed by atoms with Gasteiger partial charge in [-0.05, 0) is 82.7 Å². The average Bonchev–Trinajstić information content (AvgIpc) is 3.46. The third kappa shape index (κ3) is 5.30. The van der Waals surface area contributed by atoms with E-state index < -0.39 is 0 Å². The SMILES string of the molecule is C/C=C1\C(C)C(C2CCCCC2)=C(c2ccc3nc(-c4sc(C)nc4C)ccc3c2)N1CC(=O)N1C(C)COCC1C. The van der Waals surface area contributed by atoms with Crippen LogP contribution in [0.4, 0.5) is 0 Å². The molecule has 2 aromatic heterocycles. The molecule has 3 atom stereocenters. The summed E-state index contributed by atoms with van der Waals surface area (Å²) in [6.07, 6.45) is 8.57. The number of rotatable bonds is 5. The van der Waals surface area contributed by atoms with Crippen molar-refractivity contribution in [3.05, 3.63) is 63.9 Å². The number of carbonyl (C=O) groups excluding carboxylic acids is 1. The zero-order chi connectivity index (χ0) is 29.5. The second-order valence-corrected chi connectivity index (χ2v) is 13.7. The van der Waals surface area contributed by atoms with Crippen molar-refractivity contribution in [1.29, 1.82) is 0 Å². The van der Waals surface area contributed by atoms with Crippen molar-refractivity contribution in [2.24, 2.45) is 11.8 Å². The van der Waals surface area contributed by atoms with E-state index >= 15 is 0 Å². The van der Waals surface area contributed by atoms with Crippen LogP contribution in [0, 0.1) is 25.7 Å². The largest absolute Gasteiger partial charge is 0.377 e. The van der Waals surface area contributed by atoms with Gasteiger partial charge >= 0.3 is 0 Å². The van der Waals surface area contributed by atoms with E-state index in [0.29, 0.717) is 25.7 Å². The van der Waals surface area contributed by atoms with Crippen LogP contribution < -0.4 is 0 Å². The topological polar surface area (TPSA) is 58.6 Å². The Morgan fingerprint density at radius 3 is 2.43 bits per heavy atom. The molecule has 222 valence electrons. The van der Waals surface area contributed by atoms with E-state index in [1.54, 1.807) is 11.3 Å². The van der Waals surface area contributed by atoms with Crippen molar-refractivity contribution in [1.82, 2.24) is 19.8 Å². The monoisotopic (exact) mass is 584 g/mol. The highest BCUT2D eigenvalue weighted by molar-refractivity contribution is 7.15. The number of hydrogen-bond donors (Lipinski definition) is 0. The number of amides is 1. The van der Waals surface area contributed by atoms with Gasteiger partial charge in [-0.25, -0.2) is 9.97 Å². The summed E-state index contributed by atoms with van der Waals surface area (Å²) in [4.78, 5) is 29.2. The van der Waals surface area contributed by atoms with E-state index in [4.69, 9.17) is 9.72 Å². The Balaban J connectivity index is 1.42. The molecule has 1 saturated heterocycles. The first-order valence-corrected chi connectivity index (χ1v) is 16.5. The number of allylic oxidation sites excluding steroid dienone is 2. The first-order valence-electron chi connectivity index (χ1n) is 15.7. The summed E-state index contributed by atoms with van der Waals surface area (Å²) in [5, 5.41) is 2.18. The van der Waals surface area contributed by atoms with Crippen LogP contribution in [0.2, 0.25) is 0 Å². The van der Waals surface area contributed by atoms with Crippen LogP contribution in [0.5, 0.6) is 0 Å². The molecular weight excluding hydrogens is 540 g/mol. The molecule has 1 amide bonds. The van der Waals surface area contributed by atoms with E-state index in [-0.39, 0.29) is 23.9 Å². The van der Waals surface area contributed by atoms with Crippen LogP contribution in [0.25, 0.3) is 27.2 Å². The van der Waals surface area contributed by atoms with Crippen molar-refractivity contribution in [2.45, 2.75) is 85.7 Å². The molecule has 1 aliphatic carbocycles. The number of aryl methyl sites for hydroxylation is 2. The van der Waals surface area contributed by atoms with Crippen LogP contribution in [0.3, 0.4) is 0 Å². The number of morpholine rings is 1. The smallest absolute Gasteiger partial charge is 0.243 e.